The Labute approximate surface area is 92.5 Å². The van der Waals surface area contributed by atoms with E-state index in [1.54, 1.807) is 6.92 Å². The van der Waals surface area contributed by atoms with Crippen LogP contribution >= 0.6 is 0 Å². The third-order valence-electron chi connectivity index (χ3n) is 1.87. The van der Waals surface area contributed by atoms with Crippen LogP contribution in [0.2, 0.25) is 0 Å². The van der Waals surface area contributed by atoms with Crippen molar-refractivity contribution in [3.8, 4) is 0 Å². The number of ether oxygens (including phenoxy) is 1. The van der Waals surface area contributed by atoms with Crippen molar-refractivity contribution in [2.45, 2.75) is 19.4 Å². The molecule has 2 N–H and O–H groups in total. The van der Waals surface area contributed by atoms with Gasteiger partial charge in [0.1, 0.15) is 0 Å². The van der Waals surface area contributed by atoms with Crippen molar-refractivity contribution in [1.82, 2.24) is 0 Å². The van der Waals surface area contributed by atoms with Gasteiger partial charge in [0.2, 0.25) is 0 Å². The molecular weight excluding hydrogens is 216 g/mol. The largest absolute Gasteiger partial charge is 0.481 e. The summed E-state index contributed by atoms with van der Waals surface area (Å²) in [5, 5.41) is 17.1. The second-order valence-corrected chi connectivity index (χ2v) is 3.27. The number of ketones is 1. The van der Waals surface area contributed by atoms with E-state index in [2.05, 4.69) is 6.58 Å². The second kappa shape index (κ2) is 6.73. The fourth-order valence-electron chi connectivity index (χ4n) is 0.920. The van der Waals surface area contributed by atoms with E-state index in [4.69, 9.17) is 14.9 Å². The topological polar surface area (TPSA) is 101 Å². The monoisotopic (exact) mass is 230 g/mol. The van der Waals surface area contributed by atoms with Crippen LogP contribution in [-0.4, -0.2) is 40.6 Å². The fourth-order valence-corrected chi connectivity index (χ4v) is 0.920. The molecule has 16 heavy (non-hydrogen) atoms. The Hall–Kier alpha value is -1.69. The Morgan fingerprint density at radius 3 is 2.31 bits per heavy atom. The minimum atomic E-state index is -1.43. The number of carboxylic acids is 2. The van der Waals surface area contributed by atoms with Crippen molar-refractivity contribution >= 4 is 17.7 Å². The predicted octanol–water partition coefficient (Wildman–Crippen LogP) is 0.322. The standard InChI is InChI=1S/C10H14O6/c1-3-7(11)6(2)5-16-8(10(14)15)4-9(12)13/h3,6,8H,1,4-5H2,2H3,(H,12,13)(H,14,15). The van der Waals surface area contributed by atoms with Gasteiger partial charge in [0.25, 0.3) is 0 Å². The summed E-state index contributed by atoms with van der Waals surface area (Å²) in [7, 11) is 0. The minimum absolute atomic E-state index is 0.144. The van der Waals surface area contributed by atoms with Crippen LogP contribution in [0.5, 0.6) is 0 Å². The molecule has 0 saturated carbocycles. The molecule has 0 aromatic carbocycles. The lowest BCUT2D eigenvalue weighted by molar-refractivity contribution is -0.158. The summed E-state index contributed by atoms with van der Waals surface area (Å²) in [5.74, 6) is -3.44. The Morgan fingerprint density at radius 1 is 1.38 bits per heavy atom. The molecule has 0 saturated heterocycles. The van der Waals surface area contributed by atoms with E-state index < -0.39 is 30.4 Å². The minimum Gasteiger partial charge on any atom is -0.481 e. The van der Waals surface area contributed by atoms with Gasteiger partial charge in [-0.25, -0.2) is 4.79 Å². The molecule has 2 atom stereocenters. The molecule has 0 aliphatic heterocycles. The molecule has 0 radical (unpaired) electrons. The van der Waals surface area contributed by atoms with E-state index in [0.29, 0.717) is 0 Å². The summed E-state index contributed by atoms with van der Waals surface area (Å²) in [6.45, 7) is 4.68. The quantitative estimate of drug-likeness (QED) is 0.582. The van der Waals surface area contributed by atoms with Gasteiger partial charge in [-0.3, -0.25) is 9.59 Å². The van der Waals surface area contributed by atoms with E-state index in [1.807, 2.05) is 0 Å². The van der Waals surface area contributed by atoms with Crippen LogP contribution in [-0.2, 0) is 19.1 Å². The average molecular weight is 230 g/mol. The smallest absolute Gasteiger partial charge is 0.333 e. The van der Waals surface area contributed by atoms with Crippen LogP contribution in [0.15, 0.2) is 12.7 Å². The highest BCUT2D eigenvalue weighted by atomic mass is 16.5. The van der Waals surface area contributed by atoms with Crippen molar-refractivity contribution in [3.63, 3.8) is 0 Å². The average Bonchev–Trinajstić information content (AvgIpc) is 2.21. The molecule has 0 amide bonds. The van der Waals surface area contributed by atoms with Crippen molar-refractivity contribution in [2.75, 3.05) is 6.61 Å². The van der Waals surface area contributed by atoms with Gasteiger partial charge in [-0.15, -0.1) is 0 Å². The van der Waals surface area contributed by atoms with Gasteiger partial charge in [-0.2, -0.15) is 0 Å². The molecule has 0 aromatic heterocycles. The highest BCUT2D eigenvalue weighted by Gasteiger charge is 2.23. The molecular formula is C10H14O6. The number of rotatable bonds is 8. The molecule has 0 fully saturated rings. The lowest BCUT2D eigenvalue weighted by Gasteiger charge is -2.14. The number of carboxylic acid groups (broad SMARTS) is 2. The SMILES string of the molecule is C=CC(=O)C(C)COC(CC(=O)O)C(=O)O. The third-order valence-corrected chi connectivity index (χ3v) is 1.87. The zero-order valence-corrected chi connectivity index (χ0v) is 8.88. The zero-order valence-electron chi connectivity index (χ0n) is 8.88. The highest BCUT2D eigenvalue weighted by molar-refractivity contribution is 5.91. The van der Waals surface area contributed by atoms with Crippen molar-refractivity contribution in [1.29, 1.82) is 0 Å². The fraction of sp³-hybridized carbons (Fsp3) is 0.500. The molecule has 0 aromatic rings. The molecule has 0 aliphatic carbocycles. The van der Waals surface area contributed by atoms with Gasteiger partial charge in [0.05, 0.1) is 13.0 Å². The van der Waals surface area contributed by atoms with Crippen LogP contribution < -0.4 is 0 Å². The first kappa shape index (κ1) is 14.3. The first-order valence-corrected chi connectivity index (χ1v) is 4.61. The van der Waals surface area contributed by atoms with E-state index in [1.165, 1.54) is 0 Å². The number of hydrogen-bond donors (Lipinski definition) is 2. The third kappa shape index (κ3) is 5.26. The highest BCUT2D eigenvalue weighted by Crippen LogP contribution is 2.05. The Kier molecular flexibility index (Phi) is 6.02. The number of aliphatic carboxylic acids is 2. The van der Waals surface area contributed by atoms with Gasteiger partial charge in [-0.1, -0.05) is 13.5 Å². The lowest BCUT2D eigenvalue weighted by atomic mass is 10.1. The number of hydrogen-bond acceptors (Lipinski definition) is 4. The summed E-state index contributed by atoms with van der Waals surface area (Å²) >= 11 is 0. The molecule has 6 heteroatoms. The molecule has 6 nitrogen and oxygen atoms in total. The van der Waals surface area contributed by atoms with E-state index in [0.717, 1.165) is 6.08 Å². The molecule has 2 unspecified atom stereocenters. The summed E-state index contributed by atoms with van der Waals surface area (Å²) in [6, 6.07) is 0. The van der Waals surface area contributed by atoms with Crippen LogP contribution in [0, 0.1) is 5.92 Å². The Morgan fingerprint density at radius 2 is 1.94 bits per heavy atom. The summed E-state index contributed by atoms with van der Waals surface area (Å²) in [5.41, 5.74) is 0. The number of carbonyl (C=O) groups excluding carboxylic acids is 1. The van der Waals surface area contributed by atoms with Crippen molar-refractivity contribution in [3.05, 3.63) is 12.7 Å². The summed E-state index contributed by atoms with van der Waals surface area (Å²) < 4.78 is 4.85. The Balaban J connectivity index is 4.21. The van der Waals surface area contributed by atoms with Gasteiger partial charge in [0.15, 0.2) is 11.9 Å². The maximum atomic E-state index is 11.1. The van der Waals surface area contributed by atoms with Crippen LogP contribution in [0.1, 0.15) is 13.3 Å². The van der Waals surface area contributed by atoms with Crippen LogP contribution in [0.3, 0.4) is 0 Å². The second-order valence-electron chi connectivity index (χ2n) is 3.27. The van der Waals surface area contributed by atoms with E-state index >= 15 is 0 Å². The van der Waals surface area contributed by atoms with Gasteiger partial charge < -0.3 is 14.9 Å². The van der Waals surface area contributed by atoms with Crippen LogP contribution in [0.25, 0.3) is 0 Å². The first-order chi connectivity index (χ1) is 7.38. The normalized spacial score (nSPS) is 13.8. The number of allylic oxidation sites excluding steroid dienone is 1. The molecule has 0 aliphatic rings. The van der Waals surface area contributed by atoms with E-state index in [9.17, 15) is 14.4 Å². The first-order valence-electron chi connectivity index (χ1n) is 4.61. The molecule has 0 spiro atoms. The van der Waals surface area contributed by atoms with Crippen LogP contribution in [0.4, 0.5) is 0 Å². The van der Waals surface area contributed by atoms with Gasteiger partial charge >= 0.3 is 11.9 Å². The lowest BCUT2D eigenvalue weighted by Crippen LogP contribution is -2.29. The van der Waals surface area contributed by atoms with Crippen molar-refractivity contribution < 1.29 is 29.3 Å². The Bertz CT molecular complexity index is 296. The predicted molar refractivity (Wildman–Crippen MR) is 54.0 cm³/mol. The van der Waals surface area contributed by atoms with Gasteiger partial charge in [0, 0.05) is 5.92 Å². The maximum Gasteiger partial charge on any atom is 0.333 e. The summed E-state index contributed by atoms with van der Waals surface area (Å²) in [6.07, 6.45) is -0.955. The van der Waals surface area contributed by atoms with Crippen molar-refractivity contribution in [2.24, 2.45) is 5.92 Å². The molecule has 0 rings (SSSR count). The summed E-state index contributed by atoms with van der Waals surface area (Å²) in [4.78, 5) is 32.0. The maximum absolute atomic E-state index is 11.1. The van der Waals surface area contributed by atoms with E-state index in [-0.39, 0.29) is 12.4 Å². The zero-order chi connectivity index (χ0) is 12.7. The van der Waals surface area contributed by atoms with Gasteiger partial charge in [-0.05, 0) is 6.08 Å². The molecule has 0 bridgehead atoms. The molecule has 0 heterocycles. The number of carbonyl (C=O) groups is 3. The molecule has 90 valence electrons.